The Kier molecular flexibility index (Phi) is 5.71. The van der Waals surface area contributed by atoms with E-state index in [1.807, 2.05) is 0 Å². The molecule has 120 valence electrons. The SMILES string of the molecule is CC1(C)CCCC(C)(C)N1.CC1CCCN(C)C1(C)C. The maximum Gasteiger partial charge on any atom is 0.0175 e. The third kappa shape index (κ3) is 5.04. The zero-order valence-corrected chi connectivity index (χ0v) is 15.3. The highest BCUT2D eigenvalue weighted by Crippen LogP contribution is 2.31. The number of piperidine rings is 2. The van der Waals surface area contributed by atoms with E-state index in [1.165, 1.54) is 38.6 Å². The Labute approximate surface area is 127 Å². The molecule has 2 saturated heterocycles. The fraction of sp³-hybridized carbons (Fsp3) is 1.00. The van der Waals surface area contributed by atoms with Gasteiger partial charge in [-0.2, -0.15) is 0 Å². The Morgan fingerprint density at radius 3 is 1.70 bits per heavy atom. The quantitative estimate of drug-likeness (QED) is 0.706. The van der Waals surface area contributed by atoms with Crippen molar-refractivity contribution in [2.75, 3.05) is 13.6 Å². The number of hydrogen-bond acceptors (Lipinski definition) is 2. The molecule has 0 aromatic carbocycles. The molecular formula is C18H38N2. The fourth-order valence-corrected chi connectivity index (χ4v) is 3.67. The van der Waals surface area contributed by atoms with Crippen LogP contribution in [0.25, 0.3) is 0 Å². The van der Waals surface area contributed by atoms with Gasteiger partial charge in [0.2, 0.25) is 0 Å². The largest absolute Gasteiger partial charge is 0.307 e. The molecule has 2 fully saturated rings. The number of rotatable bonds is 0. The minimum Gasteiger partial charge on any atom is -0.307 e. The van der Waals surface area contributed by atoms with Crippen molar-refractivity contribution in [1.29, 1.82) is 0 Å². The summed E-state index contributed by atoms with van der Waals surface area (Å²) in [5, 5.41) is 3.63. The normalized spacial score (nSPS) is 32.1. The molecule has 2 heteroatoms. The molecule has 0 saturated carbocycles. The Bertz CT molecular complexity index is 279. The predicted molar refractivity (Wildman–Crippen MR) is 90.3 cm³/mol. The van der Waals surface area contributed by atoms with Crippen LogP contribution in [-0.4, -0.2) is 35.1 Å². The van der Waals surface area contributed by atoms with Gasteiger partial charge in [0.05, 0.1) is 0 Å². The van der Waals surface area contributed by atoms with Gasteiger partial charge in [-0.1, -0.05) is 6.92 Å². The summed E-state index contributed by atoms with van der Waals surface area (Å²) >= 11 is 0. The summed E-state index contributed by atoms with van der Waals surface area (Å²) in [6, 6.07) is 0. The van der Waals surface area contributed by atoms with E-state index in [9.17, 15) is 0 Å². The summed E-state index contributed by atoms with van der Waals surface area (Å²) in [6.45, 7) is 17.5. The summed E-state index contributed by atoms with van der Waals surface area (Å²) < 4.78 is 0. The molecule has 1 atom stereocenters. The highest BCUT2D eigenvalue weighted by atomic mass is 15.2. The second-order valence-electron chi connectivity index (χ2n) is 8.86. The Balaban J connectivity index is 0.000000200. The van der Waals surface area contributed by atoms with E-state index in [-0.39, 0.29) is 0 Å². The highest BCUT2D eigenvalue weighted by Gasteiger charge is 2.33. The maximum absolute atomic E-state index is 3.63. The van der Waals surface area contributed by atoms with E-state index >= 15 is 0 Å². The average molecular weight is 283 g/mol. The second kappa shape index (κ2) is 6.36. The van der Waals surface area contributed by atoms with Crippen LogP contribution in [0.4, 0.5) is 0 Å². The summed E-state index contributed by atoms with van der Waals surface area (Å²) in [4.78, 5) is 2.47. The van der Waals surface area contributed by atoms with Crippen molar-refractivity contribution in [3.05, 3.63) is 0 Å². The summed E-state index contributed by atoms with van der Waals surface area (Å²) in [6.07, 6.45) is 6.78. The molecule has 0 bridgehead atoms. The van der Waals surface area contributed by atoms with Gasteiger partial charge in [-0.15, -0.1) is 0 Å². The van der Waals surface area contributed by atoms with Crippen molar-refractivity contribution in [2.24, 2.45) is 5.92 Å². The Hall–Kier alpha value is -0.0800. The van der Waals surface area contributed by atoms with E-state index in [0.717, 1.165) is 5.92 Å². The zero-order chi connectivity index (χ0) is 15.6. The van der Waals surface area contributed by atoms with E-state index < -0.39 is 0 Å². The van der Waals surface area contributed by atoms with Crippen LogP contribution >= 0.6 is 0 Å². The van der Waals surface area contributed by atoms with Crippen LogP contribution in [0.5, 0.6) is 0 Å². The van der Waals surface area contributed by atoms with Crippen molar-refractivity contribution in [2.45, 2.75) is 97.2 Å². The molecule has 20 heavy (non-hydrogen) atoms. The monoisotopic (exact) mass is 282 g/mol. The minimum absolute atomic E-state index is 0.363. The number of nitrogens with zero attached hydrogens (tertiary/aromatic N) is 1. The molecule has 0 aromatic rings. The number of nitrogens with one attached hydrogen (secondary N) is 1. The van der Waals surface area contributed by atoms with Crippen molar-refractivity contribution in [3.8, 4) is 0 Å². The van der Waals surface area contributed by atoms with Crippen LogP contribution in [0.15, 0.2) is 0 Å². The van der Waals surface area contributed by atoms with Gasteiger partial charge >= 0.3 is 0 Å². The first kappa shape index (κ1) is 18.0. The van der Waals surface area contributed by atoms with Crippen LogP contribution in [0, 0.1) is 5.92 Å². The van der Waals surface area contributed by atoms with Crippen molar-refractivity contribution in [3.63, 3.8) is 0 Å². The molecule has 2 heterocycles. The lowest BCUT2D eigenvalue weighted by molar-refractivity contribution is 0.0547. The van der Waals surface area contributed by atoms with Gasteiger partial charge in [-0.3, -0.25) is 0 Å². The molecule has 0 radical (unpaired) electrons. The molecule has 2 rings (SSSR count). The number of likely N-dealkylation sites (tertiary alicyclic amines) is 1. The Morgan fingerprint density at radius 2 is 1.40 bits per heavy atom. The summed E-state index contributed by atoms with van der Waals surface area (Å²) in [5.74, 6) is 0.853. The molecule has 2 aliphatic heterocycles. The van der Waals surface area contributed by atoms with Gasteiger partial charge in [-0.25, -0.2) is 0 Å². The first-order valence-electron chi connectivity index (χ1n) is 8.47. The van der Waals surface area contributed by atoms with E-state index in [4.69, 9.17) is 0 Å². The molecule has 2 aliphatic rings. The summed E-state index contributed by atoms with van der Waals surface area (Å²) in [5.41, 5.74) is 1.15. The van der Waals surface area contributed by atoms with Crippen LogP contribution in [-0.2, 0) is 0 Å². The molecule has 0 amide bonds. The standard InChI is InChI=1S/2C9H19N/c1-8-6-5-7-10(4)9(8,2)3;1-8(2)6-5-7-9(3,4)10-8/h8H,5-7H2,1-4H3;10H,5-7H2,1-4H3. The first-order chi connectivity index (χ1) is 8.96. The van der Waals surface area contributed by atoms with Crippen LogP contribution in [0.2, 0.25) is 0 Å². The molecule has 1 unspecified atom stereocenters. The van der Waals surface area contributed by atoms with Gasteiger partial charge in [0.15, 0.2) is 0 Å². The van der Waals surface area contributed by atoms with E-state index in [2.05, 4.69) is 65.7 Å². The van der Waals surface area contributed by atoms with Gasteiger partial charge in [0.25, 0.3) is 0 Å². The highest BCUT2D eigenvalue weighted by molar-refractivity contribution is 4.93. The fourth-order valence-electron chi connectivity index (χ4n) is 3.67. The van der Waals surface area contributed by atoms with Gasteiger partial charge in [0.1, 0.15) is 0 Å². The predicted octanol–water partition coefficient (Wildman–Crippen LogP) is 4.44. The third-order valence-corrected chi connectivity index (χ3v) is 5.60. The van der Waals surface area contributed by atoms with E-state index in [1.54, 1.807) is 0 Å². The molecule has 0 aliphatic carbocycles. The molecule has 0 spiro atoms. The first-order valence-corrected chi connectivity index (χ1v) is 8.47. The lowest BCUT2D eigenvalue weighted by atomic mass is 9.81. The lowest BCUT2D eigenvalue weighted by Crippen LogP contribution is -2.55. The molecule has 2 nitrogen and oxygen atoms in total. The lowest BCUT2D eigenvalue weighted by Gasteiger charge is -2.44. The van der Waals surface area contributed by atoms with Crippen LogP contribution in [0.1, 0.15) is 80.6 Å². The van der Waals surface area contributed by atoms with E-state index in [0.29, 0.717) is 16.6 Å². The molecule has 0 aromatic heterocycles. The van der Waals surface area contributed by atoms with Gasteiger partial charge < -0.3 is 10.2 Å². The molecule has 1 N–H and O–H groups in total. The van der Waals surface area contributed by atoms with Crippen LogP contribution < -0.4 is 5.32 Å². The number of hydrogen-bond donors (Lipinski definition) is 1. The van der Waals surface area contributed by atoms with Crippen molar-refractivity contribution < 1.29 is 0 Å². The van der Waals surface area contributed by atoms with Crippen molar-refractivity contribution in [1.82, 2.24) is 10.2 Å². The van der Waals surface area contributed by atoms with Gasteiger partial charge in [-0.05, 0) is 93.2 Å². The van der Waals surface area contributed by atoms with Gasteiger partial charge in [0, 0.05) is 16.6 Å². The molecular weight excluding hydrogens is 244 g/mol. The topological polar surface area (TPSA) is 15.3 Å². The average Bonchev–Trinajstić information content (AvgIpc) is 2.24. The smallest absolute Gasteiger partial charge is 0.0175 e. The van der Waals surface area contributed by atoms with Crippen LogP contribution in [0.3, 0.4) is 0 Å². The summed E-state index contributed by atoms with van der Waals surface area (Å²) in [7, 11) is 2.23. The maximum atomic E-state index is 3.63. The minimum atomic E-state index is 0.363. The third-order valence-electron chi connectivity index (χ3n) is 5.60. The second-order valence-corrected chi connectivity index (χ2v) is 8.86. The Morgan fingerprint density at radius 1 is 0.900 bits per heavy atom. The van der Waals surface area contributed by atoms with Crippen molar-refractivity contribution >= 4 is 0 Å². The zero-order valence-electron chi connectivity index (χ0n) is 15.3.